The Labute approximate surface area is 118 Å². The molecule has 1 heterocycles. The Bertz CT molecular complexity index is 433. The average Bonchev–Trinajstić information content (AvgIpc) is 2.56. The van der Waals surface area contributed by atoms with Gasteiger partial charge in [0, 0.05) is 0 Å². The predicted octanol–water partition coefficient (Wildman–Crippen LogP) is 3.73. The first-order valence-corrected chi connectivity index (χ1v) is 8.02. The van der Waals surface area contributed by atoms with Gasteiger partial charge in [-0.1, -0.05) is 0 Å². The van der Waals surface area contributed by atoms with Gasteiger partial charge in [0.1, 0.15) is 0 Å². The molecule has 5 heteroatoms. The third kappa shape index (κ3) is 1.57. The minimum atomic E-state index is 0.270. The summed E-state index contributed by atoms with van der Waals surface area (Å²) in [5.41, 5.74) is 0.270. The molecule has 3 nitrogen and oxygen atoms in total. The Hall–Kier alpha value is 0.1000. The number of nitrogens with zero attached hydrogens (tertiary/aromatic N) is 3. The monoisotopic (exact) mass is 359 g/mol. The van der Waals surface area contributed by atoms with Gasteiger partial charge in [0.05, 0.1) is 5.54 Å². The minimum absolute atomic E-state index is 0.270. The number of halogens is 2. The van der Waals surface area contributed by atoms with Crippen LogP contribution in [0.5, 0.6) is 0 Å². The molecule has 0 amide bonds. The van der Waals surface area contributed by atoms with Gasteiger partial charge in [-0.2, -0.15) is 4.98 Å². The highest BCUT2D eigenvalue weighted by Crippen LogP contribution is 2.59. The van der Waals surface area contributed by atoms with Gasteiger partial charge >= 0.3 is 0 Å². The van der Waals surface area contributed by atoms with E-state index in [2.05, 4.69) is 46.6 Å². The van der Waals surface area contributed by atoms with Crippen LogP contribution in [0.2, 0.25) is 0 Å². The van der Waals surface area contributed by atoms with Gasteiger partial charge in [-0.3, -0.25) is 0 Å². The molecule has 0 spiro atoms. The second kappa shape index (κ2) is 3.56. The average molecular weight is 361 g/mol. The molecule has 4 fully saturated rings. The highest BCUT2D eigenvalue weighted by molar-refractivity contribution is 9.11. The summed E-state index contributed by atoms with van der Waals surface area (Å²) >= 11 is 6.96. The van der Waals surface area contributed by atoms with Crippen molar-refractivity contribution in [1.82, 2.24) is 14.8 Å². The van der Waals surface area contributed by atoms with Crippen LogP contribution >= 0.6 is 31.9 Å². The standard InChI is InChI=1S/C12H15Br2N3/c13-10-15-11(14)17(16-10)12-4-7-1-8(5-12)3-9(2-7)6-12/h7-9H,1-6H2. The lowest BCUT2D eigenvalue weighted by molar-refractivity contribution is -0.0509. The summed E-state index contributed by atoms with van der Waals surface area (Å²) in [4.78, 5) is 4.35. The third-order valence-electron chi connectivity index (χ3n) is 5.00. The van der Waals surface area contributed by atoms with Crippen LogP contribution in [0.4, 0.5) is 0 Å². The first-order chi connectivity index (χ1) is 8.14. The van der Waals surface area contributed by atoms with Crippen molar-refractivity contribution >= 4 is 31.9 Å². The lowest BCUT2D eigenvalue weighted by Crippen LogP contribution is -2.52. The Morgan fingerprint density at radius 1 is 1.00 bits per heavy atom. The van der Waals surface area contributed by atoms with E-state index >= 15 is 0 Å². The maximum atomic E-state index is 4.58. The van der Waals surface area contributed by atoms with Gasteiger partial charge in [-0.05, 0) is 88.1 Å². The van der Waals surface area contributed by atoms with Crippen LogP contribution in [0.15, 0.2) is 9.47 Å². The zero-order chi connectivity index (χ0) is 11.6. The van der Waals surface area contributed by atoms with E-state index in [4.69, 9.17) is 0 Å². The van der Waals surface area contributed by atoms with Crippen molar-refractivity contribution in [2.75, 3.05) is 0 Å². The highest BCUT2D eigenvalue weighted by atomic mass is 79.9. The first-order valence-electron chi connectivity index (χ1n) is 6.43. The van der Waals surface area contributed by atoms with Crippen LogP contribution in [-0.2, 0) is 5.54 Å². The Morgan fingerprint density at radius 3 is 1.94 bits per heavy atom. The van der Waals surface area contributed by atoms with Crippen molar-refractivity contribution < 1.29 is 0 Å². The maximum absolute atomic E-state index is 4.58. The Balaban J connectivity index is 1.79. The fourth-order valence-corrected chi connectivity index (χ4v) is 6.08. The lowest BCUT2D eigenvalue weighted by atomic mass is 9.53. The zero-order valence-corrected chi connectivity index (χ0v) is 12.7. The van der Waals surface area contributed by atoms with E-state index < -0.39 is 0 Å². The molecule has 0 aliphatic heterocycles. The second-order valence-corrected chi connectivity index (χ2v) is 7.62. The normalized spacial score (nSPS) is 43.3. The molecule has 17 heavy (non-hydrogen) atoms. The largest absolute Gasteiger partial charge is 0.233 e. The molecule has 1 aromatic heterocycles. The molecule has 4 saturated carbocycles. The predicted molar refractivity (Wildman–Crippen MR) is 71.6 cm³/mol. The molecule has 0 atom stereocenters. The summed E-state index contributed by atoms with van der Waals surface area (Å²) in [7, 11) is 0. The summed E-state index contributed by atoms with van der Waals surface area (Å²) in [5.74, 6) is 2.82. The van der Waals surface area contributed by atoms with Crippen molar-refractivity contribution in [2.24, 2.45) is 17.8 Å². The van der Waals surface area contributed by atoms with E-state index in [9.17, 15) is 0 Å². The highest BCUT2D eigenvalue weighted by Gasteiger charge is 2.53. The molecule has 4 aliphatic rings. The molecule has 4 aliphatic carbocycles. The topological polar surface area (TPSA) is 30.7 Å². The smallest absolute Gasteiger partial charge is 0.218 e. The summed E-state index contributed by atoms with van der Waals surface area (Å²) < 4.78 is 3.77. The molecule has 0 saturated heterocycles. The summed E-state index contributed by atoms with van der Waals surface area (Å²) in [6, 6.07) is 0. The lowest BCUT2D eigenvalue weighted by Gasteiger charge is -2.56. The molecule has 1 aromatic rings. The van der Waals surface area contributed by atoms with Crippen molar-refractivity contribution in [3.63, 3.8) is 0 Å². The quantitative estimate of drug-likeness (QED) is 0.763. The first kappa shape index (κ1) is 11.0. The van der Waals surface area contributed by atoms with Crippen molar-refractivity contribution in [3.8, 4) is 0 Å². The number of hydrogen-bond acceptors (Lipinski definition) is 2. The van der Waals surface area contributed by atoms with Crippen molar-refractivity contribution in [2.45, 2.75) is 44.1 Å². The van der Waals surface area contributed by atoms with Gasteiger partial charge in [0.25, 0.3) is 0 Å². The second-order valence-electron chi connectivity index (χ2n) is 6.20. The molecule has 92 valence electrons. The van der Waals surface area contributed by atoms with Crippen LogP contribution in [0.1, 0.15) is 38.5 Å². The fourth-order valence-electron chi connectivity index (χ4n) is 4.90. The summed E-state index contributed by atoms with van der Waals surface area (Å²) in [6.07, 6.45) is 8.33. The summed E-state index contributed by atoms with van der Waals surface area (Å²) in [6.45, 7) is 0. The zero-order valence-electron chi connectivity index (χ0n) is 9.57. The fraction of sp³-hybridized carbons (Fsp3) is 0.833. The molecular formula is C12H15Br2N3. The van der Waals surface area contributed by atoms with Crippen molar-refractivity contribution in [1.29, 1.82) is 0 Å². The summed E-state index contributed by atoms with van der Waals surface area (Å²) in [5, 5.41) is 4.58. The molecule has 0 unspecified atom stereocenters. The van der Waals surface area contributed by atoms with Crippen LogP contribution in [0, 0.1) is 17.8 Å². The number of rotatable bonds is 1. The van der Waals surface area contributed by atoms with E-state index in [-0.39, 0.29) is 5.54 Å². The maximum Gasteiger partial charge on any atom is 0.218 e. The Kier molecular flexibility index (Phi) is 2.30. The van der Waals surface area contributed by atoms with Gasteiger partial charge < -0.3 is 0 Å². The van der Waals surface area contributed by atoms with E-state index in [0.717, 1.165) is 22.5 Å². The van der Waals surface area contributed by atoms with Crippen LogP contribution in [-0.4, -0.2) is 14.8 Å². The van der Waals surface area contributed by atoms with Gasteiger partial charge in [0.15, 0.2) is 4.73 Å². The van der Waals surface area contributed by atoms with Gasteiger partial charge in [-0.15, -0.1) is 5.10 Å². The molecular weight excluding hydrogens is 346 g/mol. The van der Waals surface area contributed by atoms with E-state index in [1.54, 1.807) is 0 Å². The third-order valence-corrected chi connectivity index (χ3v) is 5.85. The SMILES string of the molecule is Brc1nc(Br)n(C23CC4CC(CC(C4)C2)C3)n1. The van der Waals surface area contributed by atoms with E-state index in [1.807, 2.05) is 0 Å². The van der Waals surface area contributed by atoms with Gasteiger partial charge in [-0.25, -0.2) is 4.68 Å². The van der Waals surface area contributed by atoms with Gasteiger partial charge in [0.2, 0.25) is 4.73 Å². The Morgan fingerprint density at radius 2 is 1.53 bits per heavy atom. The van der Waals surface area contributed by atoms with Crippen LogP contribution in [0.25, 0.3) is 0 Å². The molecule has 4 bridgehead atoms. The molecule has 0 radical (unpaired) electrons. The number of aromatic nitrogens is 3. The van der Waals surface area contributed by atoms with Crippen LogP contribution < -0.4 is 0 Å². The molecule has 0 N–H and O–H groups in total. The minimum Gasteiger partial charge on any atom is -0.233 e. The molecule has 5 rings (SSSR count). The molecule has 0 aromatic carbocycles. The van der Waals surface area contributed by atoms with Crippen molar-refractivity contribution in [3.05, 3.63) is 9.47 Å². The van der Waals surface area contributed by atoms with E-state index in [0.29, 0.717) is 4.73 Å². The number of hydrogen-bond donors (Lipinski definition) is 0. The van der Waals surface area contributed by atoms with E-state index in [1.165, 1.54) is 38.5 Å². The van der Waals surface area contributed by atoms with Crippen LogP contribution in [0.3, 0.4) is 0 Å².